The second-order valence-electron chi connectivity index (χ2n) is 7.49. The summed E-state index contributed by atoms with van der Waals surface area (Å²) < 4.78 is 12.2. The van der Waals surface area contributed by atoms with E-state index in [0.29, 0.717) is 13.2 Å². The molecule has 0 spiro atoms. The van der Waals surface area contributed by atoms with Crippen molar-refractivity contribution >= 4 is 11.0 Å². The fourth-order valence-electron chi connectivity index (χ4n) is 3.65. The Morgan fingerprint density at radius 2 is 1.66 bits per heavy atom. The van der Waals surface area contributed by atoms with Crippen molar-refractivity contribution in [1.29, 1.82) is 0 Å². The minimum atomic E-state index is 0.504. The Morgan fingerprint density at radius 1 is 0.812 bits per heavy atom. The van der Waals surface area contributed by atoms with Crippen LogP contribution < -0.4 is 15.2 Å². The monoisotopic (exact) mass is 421 g/mol. The highest BCUT2D eigenvalue weighted by Gasteiger charge is 2.14. The van der Waals surface area contributed by atoms with Crippen LogP contribution in [-0.2, 0) is 13.2 Å². The van der Waals surface area contributed by atoms with Crippen LogP contribution in [0.4, 0.5) is 0 Å². The molecule has 5 heteroatoms. The van der Waals surface area contributed by atoms with E-state index in [0.717, 1.165) is 50.5 Å². The average Bonchev–Trinajstić information content (AvgIpc) is 3.29. The largest absolute Gasteiger partial charge is 0.489 e. The Balaban J connectivity index is 1.45. The number of rotatable bonds is 7. The quantitative estimate of drug-likeness (QED) is 0.335. The van der Waals surface area contributed by atoms with E-state index in [4.69, 9.17) is 15.2 Å². The lowest BCUT2D eigenvalue weighted by molar-refractivity contribution is 0.306. The lowest BCUT2D eigenvalue weighted by Crippen LogP contribution is -1.95. The summed E-state index contributed by atoms with van der Waals surface area (Å²) in [6.07, 6.45) is 3.70. The Morgan fingerprint density at radius 3 is 2.47 bits per heavy atom. The first kappa shape index (κ1) is 19.8. The highest BCUT2D eigenvalue weighted by Crippen LogP contribution is 2.37. The first-order chi connectivity index (χ1) is 15.8. The lowest BCUT2D eigenvalue weighted by Gasteiger charge is -2.10. The van der Waals surface area contributed by atoms with Crippen molar-refractivity contribution in [1.82, 2.24) is 9.97 Å². The summed E-state index contributed by atoms with van der Waals surface area (Å²) in [5.41, 5.74) is 10.7. The lowest BCUT2D eigenvalue weighted by atomic mass is 10.1. The zero-order chi connectivity index (χ0) is 21.8. The topological polar surface area (TPSA) is 73.2 Å². The summed E-state index contributed by atoms with van der Waals surface area (Å²) in [6, 6.07) is 27.9. The summed E-state index contributed by atoms with van der Waals surface area (Å²) in [6.45, 7) is 1.03. The van der Waals surface area contributed by atoms with Crippen molar-refractivity contribution < 1.29 is 9.47 Å². The number of hydrogen-bond donors (Lipinski definition) is 2. The highest BCUT2D eigenvalue weighted by atomic mass is 16.5. The molecule has 0 bridgehead atoms. The van der Waals surface area contributed by atoms with E-state index in [1.165, 1.54) is 0 Å². The normalized spacial score (nSPS) is 10.9. The molecule has 0 saturated heterocycles. The van der Waals surface area contributed by atoms with E-state index >= 15 is 0 Å². The maximum absolute atomic E-state index is 6.22. The molecular formula is C27H23N3O2. The van der Waals surface area contributed by atoms with Gasteiger partial charge in [-0.3, -0.25) is 0 Å². The first-order valence-corrected chi connectivity index (χ1v) is 10.5. The standard InChI is InChI=1S/C27H23N3O2/c28-16-19-9-11-22(12-10-19)32-25-13-14-29-27-26(25)24(17-30-27)21-7-4-8-23(15-21)31-18-20-5-2-1-3-6-20/h1-15,17H,16,18,28H2,(H,29,30). The molecule has 0 saturated carbocycles. The van der Waals surface area contributed by atoms with Crippen LogP contribution >= 0.6 is 0 Å². The Bertz CT molecular complexity index is 1330. The molecular weight excluding hydrogens is 398 g/mol. The molecule has 0 amide bonds. The van der Waals surface area contributed by atoms with Gasteiger partial charge < -0.3 is 20.2 Å². The number of H-pyrrole nitrogens is 1. The molecule has 3 N–H and O–H groups in total. The van der Waals surface area contributed by atoms with Crippen LogP contribution in [-0.4, -0.2) is 9.97 Å². The van der Waals surface area contributed by atoms with Crippen LogP contribution in [0, 0.1) is 0 Å². The maximum atomic E-state index is 6.22. The molecule has 0 aliphatic rings. The predicted molar refractivity (Wildman–Crippen MR) is 127 cm³/mol. The number of pyridine rings is 1. The molecule has 5 nitrogen and oxygen atoms in total. The minimum Gasteiger partial charge on any atom is -0.489 e. The van der Waals surface area contributed by atoms with Crippen molar-refractivity contribution in [2.45, 2.75) is 13.2 Å². The van der Waals surface area contributed by atoms with Gasteiger partial charge in [-0.15, -0.1) is 0 Å². The number of ether oxygens (including phenoxy) is 2. The number of nitrogens with one attached hydrogen (secondary N) is 1. The van der Waals surface area contributed by atoms with Gasteiger partial charge in [0.25, 0.3) is 0 Å². The summed E-state index contributed by atoms with van der Waals surface area (Å²) in [5, 5.41) is 0.926. The summed E-state index contributed by atoms with van der Waals surface area (Å²) in [7, 11) is 0. The molecule has 2 heterocycles. The molecule has 0 aliphatic carbocycles. The van der Waals surface area contributed by atoms with Crippen molar-refractivity contribution in [3.05, 3.63) is 108 Å². The van der Waals surface area contributed by atoms with Gasteiger partial charge in [-0.2, -0.15) is 0 Å². The van der Waals surface area contributed by atoms with Crippen LogP contribution in [0.25, 0.3) is 22.2 Å². The highest BCUT2D eigenvalue weighted by molar-refractivity contribution is 5.98. The van der Waals surface area contributed by atoms with Gasteiger partial charge >= 0.3 is 0 Å². The van der Waals surface area contributed by atoms with E-state index in [2.05, 4.69) is 28.2 Å². The molecule has 5 aromatic rings. The van der Waals surface area contributed by atoms with E-state index in [-0.39, 0.29) is 0 Å². The molecule has 0 radical (unpaired) electrons. The Kier molecular flexibility index (Phi) is 5.56. The summed E-state index contributed by atoms with van der Waals surface area (Å²) >= 11 is 0. The van der Waals surface area contributed by atoms with E-state index < -0.39 is 0 Å². The maximum Gasteiger partial charge on any atom is 0.141 e. The van der Waals surface area contributed by atoms with Gasteiger partial charge in [0.1, 0.15) is 29.5 Å². The van der Waals surface area contributed by atoms with Crippen LogP contribution in [0.5, 0.6) is 17.2 Å². The Hall–Kier alpha value is -4.09. The molecule has 0 atom stereocenters. The van der Waals surface area contributed by atoms with Crippen LogP contribution in [0.3, 0.4) is 0 Å². The van der Waals surface area contributed by atoms with Gasteiger partial charge in [0.2, 0.25) is 0 Å². The van der Waals surface area contributed by atoms with Gasteiger partial charge in [-0.25, -0.2) is 4.98 Å². The average molecular weight is 422 g/mol. The number of nitrogens with two attached hydrogens (primary N) is 1. The van der Waals surface area contributed by atoms with Gasteiger partial charge in [-0.1, -0.05) is 54.6 Å². The van der Waals surface area contributed by atoms with Gasteiger partial charge in [-0.05, 0) is 47.0 Å². The SMILES string of the molecule is NCc1ccc(Oc2ccnc3[nH]cc(-c4cccc(OCc5ccccc5)c4)c23)cc1. The molecule has 5 rings (SSSR count). The second kappa shape index (κ2) is 8.96. The Labute approximate surface area is 186 Å². The zero-order valence-electron chi connectivity index (χ0n) is 17.5. The molecule has 32 heavy (non-hydrogen) atoms. The van der Waals surface area contributed by atoms with Gasteiger partial charge in [0.15, 0.2) is 0 Å². The van der Waals surface area contributed by atoms with E-state index in [1.54, 1.807) is 6.20 Å². The fourth-order valence-corrected chi connectivity index (χ4v) is 3.65. The third-order valence-corrected chi connectivity index (χ3v) is 5.32. The first-order valence-electron chi connectivity index (χ1n) is 10.5. The van der Waals surface area contributed by atoms with Crippen LogP contribution in [0.2, 0.25) is 0 Å². The number of aromatic amines is 1. The third-order valence-electron chi connectivity index (χ3n) is 5.32. The summed E-state index contributed by atoms with van der Waals surface area (Å²) in [4.78, 5) is 7.73. The van der Waals surface area contributed by atoms with Crippen molar-refractivity contribution in [2.24, 2.45) is 5.73 Å². The number of benzene rings is 3. The molecule has 0 unspecified atom stereocenters. The van der Waals surface area contributed by atoms with Crippen molar-refractivity contribution in [3.63, 3.8) is 0 Å². The molecule has 0 aliphatic heterocycles. The molecule has 3 aromatic carbocycles. The predicted octanol–water partition coefficient (Wildman–Crippen LogP) is 6.06. The number of fused-ring (bicyclic) bond motifs is 1. The number of aromatic nitrogens is 2. The van der Waals surface area contributed by atoms with E-state index in [1.807, 2.05) is 72.9 Å². The minimum absolute atomic E-state index is 0.504. The van der Waals surface area contributed by atoms with Crippen LogP contribution in [0.1, 0.15) is 11.1 Å². The number of nitrogens with zero attached hydrogens (tertiary/aromatic N) is 1. The smallest absolute Gasteiger partial charge is 0.141 e. The van der Waals surface area contributed by atoms with Crippen molar-refractivity contribution in [2.75, 3.05) is 0 Å². The molecule has 0 fully saturated rings. The van der Waals surface area contributed by atoms with Gasteiger partial charge in [0, 0.05) is 24.5 Å². The fraction of sp³-hybridized carbons (Fsp3) is 0.0741. The van der Waals surface area contributed by atoms with E-state index in [9.17, 15) is 0 Å². The van der Waals surface area contributed by atoms with Crippen molar-refractivity contribution in [3.8, 4) is 28.4 Å². The summed E-state index contributed by atoms with van der Waals surface area (Å²) in [5.74, 6) is 2.30. The van der Waals surface area contributed by atoms with Gasteiger partial charge in [0.05, 0.1) is 5.39 Å². The molecule has 2 aromatic heterocycles. The van der Waals surface area contributed by atoms with Crippen LogP contribution in [0.15, 0.2) is 97.3 Å². The number of hydrogen-bond acceptors (Lipinski definition) is 4. The molecule has 158 valence electrons. The second-order valence-corrected chi connectivity index (χ2v) is 7.49. The third kappa shape index (κ3) is 4.19. The zero-order valence-corrected chi connectivity index (χ0v) is 17.5.